The van der Waals surface area contributed by atoms with Crippen molar-refractivity contribution < 1.29 is 109 Å². The van der Waals surface area contributed by atoms with Crippen molar-refractivity contribution in [3.8, 4) is 73.5 Å². The number of aromatic nitrogens is 10. The van der Waals surface area contributed by atoms with Crippen LogP contribution in [0.5, 0.6) is 0 Å². The molecule has 2 aliphatic rings. The van der Waals surface area contributed by atoms with Gasteiger partial charge >= 0.3 is 5.82 Å². The van der Waals surface area contributed by atoms with E-state index in [0.29, 0.717) is 0 Å². The molecule has 0 saturated carbocycles. The van der Waals surface area contributed by atoms with E-state index in [9.17, 15) is 4.79 Å². The van der Waals surface area contributed by atoms with Crippen LogP contribution in [0.25, 0.3) is 163 Å². The van der Waals surface area contributed by atoms with E-state index in [0.717, 1.165) is 103 Å². The van der Waals surface area contributed by atoms with Gasteiger partial charge in [-0.3, -0.25) is 14.8 Å². The van der Waals surface area contributed by atoms with Crippen LogP contribution in [-0.4, -0.2) is 49.8 Å². The average Bonchev–Trinajstić information content (AvgIpc) is 1.60. The van der Waals surface area contributed by atoms with E-state index in [1.807, 2.05) is 181 Å². The minimum atomic E-state index is -0.443. The van der Waals surface area contributed by atoms with Crippen LogP contribution in [0, 0.1) is 37.3 Å². The van der Waals surface area contributed by atoms with E-state index in [-0.39, 0.29) is 133 Å². The number of thiophene rings is 2. The fraction of sp³-hybridized carbons (Fsp3) is 0.0446. The molecule has 12 heterocycles. The van der Waals surface area contributed by atoms with E-state index in [2.05, 4.69) is 263 Å². The van der Waals surface area contributed by atoms with Crippen LogP contribution in [0.1, 0.15) is 40.3 Å². The Bertz CT molecular complexity index is 8250. The molecule has 12 nitrogen and oxygen atoms in total. The van der Waals surface area contributed by atoms with Crippen molar-refractivity contribution in [2.75, 3.05) is 0 Å². The van der Waals surface area contributed by atoms with E-state index in [4.69, 9.17) is 24.7 Å². The first-order valence-corrected chi connectivity index (χ1v) is 42.5. The van der Waals surface area contributed by atoms with Gasteiger partial charge in [-0.25, -0.2) is 4.57 Å². The Hall–Kier alpha value is -13.3. The number of benzene rings is 13. The van der Waals surface area contributed by atoms with Crippen LogP contribution in [0.4, 0.5) is 0 Å². The first-order valence-electron chi connectivity index (χ1n) is 44.4. The summed E-state index contributed by atoms with van der Waals surface area (Å²) in [5.41, 5.74) is 20.4. The molecule has 0 aliphatic carbocycles. The largest absolute Gasteiger partial charge is 0.512 e. The number of rotatable bonds is 6. The number of fused-ring (bicyclic) bond motifs is 22. The minimum absolute atomic E-state index is 0. The average molecular weight is 2440 g/mol. The maximum absolute atomic E-state index is 10.0. The summed E-state index contributed by atoms with van der Waals surface area (Å²) in [6.45, 7) is 6.83. The zero-order valence-electron chi connectivity index (χ0n) is 77.0. The molecule has 18 heteroatoms. The normalized spacial score (nSPS) is 11.7. The number of pyridine rings is 5. The maximum Gasteiger partial charge on any atom is 0.331 e. The van der Waals surface area contributed by atoms with Gasteiger partial charge in [0.15, 0.2) is 24.2 Å². The summed E-state index contributed by atoms with van der Waals surface area (Å²) in [6, 6.07) is 125. The smallest absolute Gasteiger partial charge is 0.331 e. The first kappa shape index (κ1) is 83.6. The first-order chi connectivity index (χ1) is 65.0. The SMILES string of the molecule is CC(=O)C=C(C)O.Cc1cc[n+]2c(n1)-c1ccccc1C2.[2H]c1[c-]c(-c2ncc([2H])c([2H])c2[2H])c([2H])c([2H])c1[2H].[Ir].[Ir].[Ir].[Ir].[c-]1ccc2c(sc3ccccc32)c1-c1ccccn1.[c-]1cccc2c1c1nc3ccccc3n1c1ccccc21.[c-]1ccccc1-c1ccccn1.[c-]1ccccc1-c1nc2ccccc2n1-c1ccccc1.c1cc[n+]2c(c1)-c1c(ccc3c1sc1ccccc13)C2. The number of carbonyl (C=O) groups is 1. The molecule has 0 spiro atoms. The van der Waals surface area contributed by atoms with Crippen molar-refractivity contribution >= 4 is 118 Å². The Balaban J connectivity index is 0.000000126. The minimum Gasteiger partial charge on any atom is -0.512 e. The fourth-order valence-electron chi connectivity index (χ4n) is 15.5. The predicted octanol–water partition coefficient (Wildman–Crippen LogP) is 26.2. The summed E-state index contributed by atoms with van der Waals surface area (Å²) in [5, 5.41) is 17.3. The Kier molecular flexibility index (Phi) is 28.4. The zero-order chi connectivity index (χ0) is 91.6. The number of para-hydroxylation sites is 6. The molecule has 10 aromatic heterocycles. The molecule has 0 saturated heterocycles. The number of carbonyl (C=O) groups excluding carboxylic acids is 1. The van der Waals surface area contributed by atoms with Crippen molar-refractivity contribution in [3.63, 3.8) is 0 Å². The molecule has 0 atom stereocenters. The van der Waals surface area contributed by atoms with Gasteiger partial charge in [0.25, 0.3) is 0 Å². The number of aliphatic hydroxyl groups is 1. The van der Waals surface area contributed by atoms with E-state index in [1.54, 1.807) is 6.20 Å². The molecule has 23 aromatic rings. The number of nitrogens with zero attached hydrogens (tertiary/aromatic N) is 10. The molecular formula is C112H81Ir4N10O2S2-3. The van der Waals surface area contributed by atoms with E-state index < -0.39 is 12.1 Å². The molecule has 2 aliphatic heterocycles. The second kappa shape index (κ2) is 44.2. The monoisotopic (exact) mass is 2440 g/mol. The van der Waals surface area contributed by atoms with Gasteiger partial charge < -0.3 is 29.0 Å². The fourth-order valence-corrected chi connectivity index (χ4v) is 18.0. The molecule has 130 heavy (non-hydrogen) atoms. The molecular weight excluding hydrogens is 2350 g/mol. The van der Waals surface area contributed by atoms with Crippen LogP contribution >= 0.6 is 22.7 Å². The van der Waals surface area contributed by atoms with Crippen LogP contribution in [0.15, 0.2) is 413 Å². The Labute approximate surface area is 826 Å². The Morgan fingerprint density at radius 2 is 1.04 bits per heavy atom. The van der Waals surface area contributed by atoms with Gasteiger partial charge in [-0.1, -0.05) is 175 Å². The van der Waals surface area contributed by atoms with Gasteiger partial charge in [-0.2, -0.15) is 15.9 Å². The number of aryl methyl sites for hydroxylation is 1. The third-order valence-corrected chi connectivity index (χ3v) is 23.4. The predicted molar refractivity (Wildman–Crippen MR) is 515 cm³/mol. The van der Waals surface area contributed by atoms with Crippen molar-refractivity contribution in [3.05, 3.63) is 460 Å². The topological polar surface area (TPSA) is 132 Å². The summed E-state index contributed by atoms with van der Waals surface area (Å²) in [4.78, 5) is 36.7. The third-order valence-electron chi connectivity index (χ3n) is 21.0. The van der Waals surface area contributed by atoms with Gasteiger partial charge in [0.2, 0.25) is 5.69 Å². The second-order valence-corrected chi connectivity index (χ2v) is 31.5. The summed E-state index contributed by atoms with van der Waals surface area (Å²) in [5.74, 6) is 1.95. The number of hydrogen-bond donors (Lipinski definition) is 1. The molecule has 1 N–H and O–H groups in total. The summed E-state index contributed by atoms with van der Waals surface area (Å²) < 4.78 is 67.2. The van der Waals surface area contributed by atoms with Crippen molar-refractivity contribution in [2.45, 2.75) is 33.9 Å². The molecule has 13 aromatic carbocycles. The molecule has 4 radical (unpaired) electrons. The Morgan fingerprint density at radius 1 is 0.438 bits per heavy atom. The van der Waals surface area contributed by atoms with Crippen LogP contribution in [0.3, 0.4) is 0 Å². The molecule has 0 fully saturated rings. The molecule has 0 unspecified atom stereocenters. The van der Waals surface area contributed by atoms with Gasteiger partial charge in [-0.05, 0) is 139 Å². The number of allylic oxidation sites excluding steroid dienone is 2. The molecule has 642 valence electrons. The quantitative estimate of drug-likeness (QED) is 0.0572. The Morgan fingerprint density at radius 3 is 1.75 bits per heavy atom. The standard InChI is InChI=1S/C19H11N2.C19H13N2.C18H12NS.C17H10NS.C12H11N2.2C11H8N.C5H8O2.4Ir/c1-2-9-15-13(7-1)14-8-3-5-11-17(14)21-18-12-6-4-10-16(18)20-19(15)21;1-3-9-15(10-4-1)19-20-17-13-7-8-14-18(17)21(19)16-11-5-2-6-12-16;1-2-7-16-13(5-1)14-9-8-12-11-19-10-4-3-6-15(19)17(12)18(14)20-16;1-2-10-16-12(6-1)13-7-5-8-14(17(13)19-16)15-9-3-4-11-18-15;1-9-6-7-14-8-10-4-2-3-5-11(10)12(14)13-9;2*1-2-6-10(7-3-1)11-8-4-5-9-12-11;1-4(6)3-5(2)7;;;;/h1-8,10-12H;1-9,11-14H;1-10H,11H2;1-7,9-11H;2-7H,8H2,1H3;2*1-6,8-9H;3,6H,1-2H3;;;;/q2*-1;+1;-1;+1;2*-1;;;;;/i;;;;;1D,2D,3D,4D,5D,6D,8D;;;;;;. The summed E-state index contributed by atoms with van der Waals surface area (Å²) >= 11 is 3.73. The zero-order valence-corrected chi connectivity index (χ0v) is 81.2. The van der Waals surface area contributed by atoms with Gasteiger partial charge in [0.1, 0.15) is 6.54 Å². The molecule has 25 rings (SSSR count). The second-order valence-electron chi connectivity index (χ2n) is 29.4. The number of hydrogen-bond acceptors (Lipinski definition) is 10. The van der Waals surface area contributed by atoms with E-state index >= 15 is 0 Å². The molecule has 0 amide bonds. The van der Waals surface area contributed by atoms with Crippen LogP contribution in [0.2, 0.25) is 0 Å². The molecule has 0 bridgehead atoms. The summed E-state index contributed by atoms with van der Waals surface area (Å²) in [6.07, 6.45) is 10.1. The van der Waals surface area contributed by atoms with Crippen LogP contribution in [-0.2, 0) is 98.3 Å². The van der Waals surface area contributed by atoms with Crippen LogP contribution < -0.4 is 9.13 Å². The number of imidazole rings is 2. The van der Waals surface area contributed by atoms with Crippen molar-refractivity contribution in [1.82, 2.24) is 38.9 Å². The summed E-state index contributed by atoms with van der Waals surface area (Å²) in [7, 11) is 0. The third kappa shape index (κ3) is 20.9. The van der Waals surface area contributed by atoms with Crippen molar-refractivity contribution in [1.29, 1.82) is 0 Å². The van der Waals surface area contributed by atoms with E-state index in [1.165, 1.54) is 105 Å². The van der Waals surface area contributed by atoms with Crippen molar-refractivity contribution in [2.24, 2.45) is 0 Å². The van der Waals surface area contributed by atoms with Gasteiger partial charge in [0.05, 0.1) is 60.7 Å². The van der Waals surface area contributed by atoms with Gasteiger partial charge in [-0.15, -0.1) is 172 Å². The van der Waals surface area contributed by atoms with Gasteiger partial charge in [0, 0.05) is 180 Å². The maximum atomic E-state index is 10.0. The number of aliphatic hydroxyl groups excluding tert-OH is 1. The number of ketones is 1.